The summed E-state index contributed by atoms with van der Waals surface area (Å²) in [5.41, 5.74) is 0.170. The SMILES string of the molecule is FC(F)(F)c1cc(C2CC2)n(Cc2nnc(-c3ccccn3)o2)n1. The van der Waals surface area contributed by atoms with Crippen LogP contribution in [0.5, 0.6) is 0 Å². The molecule has 0 N–H and O–H groups in total. The van der Waals surface area contributed by atoms with E-state index in [1.54, 1.807) is 24.4 Å². The zero-order chi connectivity index (χ0) is 16.7. The van der Waals surface area contributed by atoms with Crippen molar-refractivity contribution in [3.8, 4) is 11.6 Å². The quantitative estimate of drug-likeness (QED) is 0.732. The second kappa shape index (κ2) is 5.43. The van der Waals surface area contributed by atoms with E-state index < -0.39 is 11.9 Å². The van der Waals surface area contributed by atoms with E-state index in [-0.39, 0.29) is 24.2 Å². The third-order valence-electron chi connectivity index (χ3n) is 3.73. The smallest absolute Gasteiger partial charge is 0.417 e. The maximum absolute atomic E-state index is 12.9. The Kier molecular flexibility index (Phi) is 3.36. The first-order valence-electron chi connectivity index (χ1n) is 7.39. The van der Waals surface area contributed by atoms with Gasteiger partial charge in [-0.3, -0.25) is 9.67 Å². The lowest BCUT2D eigenvalue weighted by Crippen LogP contribution is -2.09. The van der Waals surface area contributed by atoms with Crippen molar-refractivity contribution in [1.82, 2.24) is 25.0 Å². The largest absolute Gasteiger partial charge is 0.435 e. The first-order chi connectivity index (χ1) is 11.5. The number of hydrogen-bond acceptors (Lipinski definition) is 5. The number of nitrogens with zero attached hydrogens (tertiary/aromatic N) is 5. The van der Waals surface area contributed by atoms with E-state index in [0.29, 0.717) is 11.4 Å². The van der Waals surface area contributed by atoms with E-state index in [9.17, 15) is 13.2 Å². The molecule has 1 aliphatic rings. The third kappa shape index (κ3) is 2.89. The molecular weight excluding hydrogens is 323 g/mol. The van der Waals surface area contributed by atoms with Gasteiger partial charge in [0.15, 0.2) is 5.69 Å². The predicted molar refractivity (Wildman–Crippen MR) is 75.8 cm³/mol. The van der Waals surface area contributed by atoms with Crippen LogP contribution in [-0.2, 0) is 12.7 Å². The summed E-state index contributed by atoms with van der Waals surface area (Å²) in [6, 6.07) is 6.35. The normalized spacial score (nSPS) is 15.0. The van der Waals surface area contributed by atoms with E-state index in [1.807, 2.05) is 0 Å². The van der Waals surface area contributed by atoms with Crippen LogP contribution in [0.1, 0.15) is 36.0 Å². The molecule has 0 atom stereocenters. The topological polar surface area (TPSA) is 69.6 Å². The molecule has 1 aliphatic carbocycles. The summed E-state index contributed by atoms with van der Waals surface area (Å²) in [7, 11) is 0. The molecule has 1 saturated carbocycles. The van der Waals surface area contributed by atoms with Crippen molar-refractivity contribution in [2.75, 3.05) is 0 Å². The maximum atomic E-state index is 12.9. The molecule has 124 valence electrons. The lowest BCUT2D eigenvalue weighted by molar-refractivity contribution is -0.141. The Labute approximate surface area is 134 Å². The van der Waals surface area contributed by atoms with Gasteiger partial charge in [0, 0.05) is 17.8 Å². The lowest BCUT2D eigenvalue weighted by Gasteiger charge is -2.03. The monoisotopic (exact) mass is 335 g/mol. The molecule has 0 spiro atoms. The number of rotatable bonds is 4. The van der Waals surface area contributed by atoms with Gasteiger partial charge >= 0.3 is 6.18 Å². The number of halogens is 3. The second-order valence-corrected chi connectivity index (χ2v) is 5.60. The van der Waals surface area contributed by atoms with Crippen molar-refractivity contribution < 1.29 is 17.6 Å². The summed E-state index contributed by atoms with van der Waals surface area (Å²) < 4.78 is 45.5. The van der Waals surface area contributed by atoms with Crippen LogP contribution in [0.15, 0.2) is 34.9 Å². The van der Waals surface area contributed by atoms with E-state index in [1.165, 1.54) is 4.68 Å². The molecule has 6 nitrogen and oxygen atoms in total. The van der Waals surface area contributed by atoms with Crippen molar-refractivity contribution in [1.29, 1.82) is 0 Å². The Morgan fingerprint density at radius 3 is 2.71 bits per heavy atom. The third-order valence-corrected chi connectivity index (χ3v) is 3.73. The van der Waals surface area contributed by atoms with Gasteiger partial charge in [0.25, 0.3) is 5.89 Å². The van der Waals surface area contributed by atoms with Gasteiger partial charge in [-0.2, -0.15) is 18.3 Å². The molecule has 0 unspecified atom stereocenters. The van der Waals surface area contributed by atoms with Crippen LogP contribution in [0, 0.1) is 0 Å². The number of hydrogen-bond donors (Lipinski definition) is 0. The van der Waals surface area contributed by atoms with Crippen LogP contribution in [0.2, 0.25) is 0 Å². The summed E-state index contributed by atoms with van der Waals surface area (Å²) in [6.45, 7) is 0.00173. The Balaban J connectivity index is 1.62. The fourth-order valence-corrected chi connectivity index (χ4v) is 2.44. The minimum absolute atomic E-state index is 0.00173. The highest BCUT2D eigenvalue weighted by molar-refractivity contribution is 5.44. The zero-order valence-electron chi connectivity index (χ0n) is 12.4. The number of aromatic nitrogens is 5. The molecule has 3 aromatic heterocycles. The molecule has 0 bridgehead atoms. The van der Waals surface area contributed by atoms with E-state index >= 15 is 0 Å². The molecule has 3 aromatic rings. The molecule has 0 amide bonds. The van der Waals surface area contributed by atoms with Crippen LogP contribution in [0.25, 0.3) is 11.6 Å². The van der Waals surface area contributed by atoms with Crippen molar-refractivity contribution in [3.05, 3.63) is 47.7 Å². The Bertz CT molecular complexity index is 852. The van der Waals surface area contributed by atoms with Crippen LogP contribution in [0.3, 0.4) is 0 Å². The minimum atomic E-state index is -4.47. The van der Waals surface area contributed by atoms with E-state index in [0.717, 1.165) is 18.9 Å². The standard InChI is InChI=1S/C15H12F3N5O/c16-15(17,18)12-7-11(9-4-5-9)23(22-12)8-13-20-21-14(24-13)10-3-1-2-6-19-10/h1-3,6-7,9H,4-5,8H2. The fraction of sp³-hybridized carbons (Fsp3) is 0.333. The van der Waals surface area contributed by atoms with Crippen molar-refractivity contribution in [2.45, 2.75) is 31.5 Å². The van der Waals surface area contributed by atoms with Crippen LogP contribution >= 0.6 is 0 Å². The van der Waals surface area contributed by atoms with E-state index in [4.69, 9.17) is 4.42 Å². The summed E-state index contributed by atoms with van der Waals surface area (Å²) in [5.74, 6) is 0.530. The average Bonchev–Trinajstić information content (AvgIpc) is 3.13. The van der Waals surface area contributed by atoms with Crippen LogP contribution in [0.4, 0.5) is 13.2 Å². The molecule has 1 fully saturated rings. The lowest BCUT2D eigenvalue weighted by atomic mass is 10.2. The van der Waals surface area contributed by atoms with Gasteiger partial charge < -0.3 is 4.42 Å². The maximum Gasteiger partial charge on any atom is 0.435 e. The highest BCUT2D eigenvalue weighted by Crippen LogP contribution is 2.42. The number of pyridine rings is 1. The minimum Gasteiger partial charge on any atom is -0.417 e. The highest BCUT2D eigenvalue weighted by Gasteiger charge is 2.38. The molecular formula is C15H12F3N5O. The summed E-state index contributed by atoms with van der Waals surface area (Å²) in [4.78, 5) is 4.09. The van der Waals surface area contributed by atoms with Gasteiger partial charge in [0.2, 0.25) is 5.89 Å². The summed E-state index contributed by atoms with van der Waals surface area (Å²) in [5, 5.41) is 11.4. The van der Waals surface area contributed by atoms with E-state index in [2.05, 4.69) is 20.3 Å². The molecule has 24 heavy (non-hydrogen) atoms. The van der Waals surface area contributed by atoms with Gasteiger partial charge in [0.1, 0.15) is 12.2 Å². The van der Waals surface area contributed by atoms with Crippen molar-refractivity contribution >= 4 is 0 Å². The zero-order valence-corrected chi connectivity index (χ0v) is 12.4. The molecule has 4 rings (SSSR count). The number of alkyl halides is 3. The van der Waals surface area contributed by atoms with Gasteiger partial charge in [-0.25, -0.2) is 0 Å². The first kappa shape index (κ1) is 14.9. The predicted octanol–water partition coefficient (Wildman–Crippen LogP) is 3.27. The summed E-state index contributed by atoms with van der Waals surface area (Å²) >= 11 is 0. The molecule has 0 radical (unpaired) electrons. The van der Waals surface area contributed by atoms with Crippen LogP contribution in [-0.4, -0.2) is 25.0 Å². The molecule has 3 heterocycles. The highest BCUT2D eigenvalue weighted by atomic mass is 19.4. The fourth-order valence-electron chi connectivity index (χ4n) is 2.44. The van der Waals surface area contributed by atoms with Crippen molar-refractivity contribution in [3.63, 3.8) is 0 Å². The van der Waals surface area contributed by atoms with Gasteiger partial charge in [0.05, 0.1) is 0 Å². The van der Waals surface area contributed by atoms with Gasteiger partial charge in [-0.1, -0.05) is 6.07 Å². The average molecular weight is 335 g/mol. The molecule has 0 aromatic carbocycles. The Hall–Kier alpha value is -2.71. The first-order valence-corrected chi connectivity index (χ1v) is 7.39. The van der Waals surface area contributed by atoms with Gasteiger partial charge in [-0.15, -0.1) is 10.2 Å². The Morgan fingerprint density at radius 1 is 1.21 bits per heavy atom. The second-order valence-electron chi connectivity index (χ2n) is 5.60. The summed E-state index contributed by atoms with van der Waals surface area (Å²) in [6.07, 6.45) is -1.14. The van der Waals surface area contributed by atoms with Gasteiger partial charge in [-0.05, 0) is 31.0 Å². The molecule has 0 saturated heterocycles. The molecule has 0 aliphatic heterocycles. The van der Waals surface area contributed by atoms with Crippen LogP contribution < -0.4 is 0 Å². The van der Waals surface area contributed by atoms with Crippen molar-refractivity contribution in [2.24, 2.45) is 0 Å². The Morgan fingerprint density at radius 2 is 2.04 bits per heavy atom. The molecule has 9 heteroatoms.